The van der Waals surface area contributed by atoms with Gasteiger partial charge in [-0.1, -0.05) is 0 Å². The minimum Gasteiger partial charge on any atom is -0.394 e. The van der Waals surface area contributed by atoms with Crippen molar-refractivity contribution < 1.29 is 79.9 Å². The molecule has 202 valence electrons. The molecule has 0 spiro atoms. The molecule has 2 aliphatic heterocycles. The maximum Gasteiger partial charge on any atom is 0.209 e. The number of aliphatic hydroxyl groups is 11. The number of rotatable bonds is 11. The van der Waals surface area contributed by atoms with Crippen LogP contribution >= 0.6 is 0 Å². The first-order valence-electron chi connectivity index (χ1n) is 10.5. The lowest BCUT2D eigenvalue weighted by Gasteiger charge is -2.45. The maximum atomic E-state index is 10.6. The van der Waals surface area contributed by atoms with Crippen molar-refractivity contribution in [3.05, 3.63) is 0 Å². The highest BCUT2D eigenvalue weighted by Crippen LogP contribution is 2.29. The molecule has 0 bridgehead atoms. The Morgan fingerprint density at radius 2 is 1.44 bits per heavy atom. The summed E-state index contributed by atoms with van der Waals surface area (Å²) in [6.07, 6.45) is -23.7. The number of hydrogen-bond acceptors (Lipinski definition) is 16. The molecule has 16 nitrogen and oxygen atoms in total. The largest absolute Gasteiger partial charge is 0.394 e. The molecule has 11 N–H and O–H groups in total. The van der Waals surface area contributed by atoms with E-state index in [-0.39, 0.29) is 0 Å². The van der Waals surface area contributed by atoms with E-state index in [0.29, 0.717) is 0 Å². The average molecular weight is 506 g/mol. The van der Waals surface area contributed by atoms with Gasteiger partial charge in [-0.15, -0.1) is 0 Å². The highest BCUT2D eigenvalue weighted by atomic mass is 16.7. The SMILES string of the molecule is CC(O)C(CO)OC(OCC1OC(O)C(O)C(OC2OC(CO)C(O)C(O)C2O)C1O)C(O)O. The zero-order chi connectivity index (χ0) is 25.7. The maximum absolute atomic E-state index is 10.6. The summed E-state index contributed by atoms with van der Waals surface area (Å²) in [6.45, 7) is -0.851. The van der Waals surface area contributed by atoms with E-state index in [2.05, 4.69) is 0 Å². The second kappa shape index (κ2) is 13.1. The van der Waals surface area contributed by atoms with Gasteiger partial charge in [0.2, 0.25) is 12.6 Å². The molecule has 2 saturated heterocycles. The fraction of sp³-hybridized carbons (Fsp3) is 1.00. The molecule has 2 rings (SSSR count). The number of hydrogen-bond donors (Lipinski definition) is 11. The Balaban J connectivity index is 2.07. The Morgan fingerprint density at radius 3 is 1.97 bits per heavy atom. The fourth-order valence-corrected chi connectivity index (χ4v) is 3.42. The van der Waals surface area contributed by atoms with Gasteiger partial charge in [0.25, 0.3) is 0 Å². The van der Waals surface area contributed by atoms with Crippen molar-refractivity contribution in [2.75, 3.05) is 19.8 Å². The molecule has 0 aliphatic carbocycles. The van der Waals surface area contributed by atoms with Crippen LogP contribution in [0.5, 0.6) is 0 Å². The molecule has 2 aliphatic rings. The molecule has 0 aromatic rings. The summed E-state index contributed by atoms with van der Waals surface area (Å²) in [5.41, 5.74) is 0. The summed E-state index contributed by atoms with van der Waals surface area (Å²) >= 11 is 0. The van der Waals surface area contributed by atoms with Crippen LogP contribution in [0.1, 0.15) is 6.92 Å². The van der Waals surface area contributed by atoms with Crippen molar-refractivity contribution in [2.45, 2.75) is 93.1 Å². The van der Waals surface area contributed by atoms with Crippen LogP contribution in [0.2, 0.25) is 0 Å². The highest BCUT2D eigenvalue weighted by Gasteiger charge is 2.50. The molecule has 0 aromatic carbocycles. The minimum atomic E-state index is -2.25. The third kappa shape index (κ3) is 6.98. The predicted molar refractivity (Wildman–Crippen MR) is 103 cm³/mol. The van der Waals surface area contributed by atoms with E-state index < -0.39 is 106 Å². The average Bonchev–Trinajstić information content (AvgIpc) is 2.79. The van der Waals surface area contributed by atoms with E-state index in [1.807, 2.05) is 0 Å². The van der Waals surface area contributed by atoms with Crippen molar-refractivity contribution in [3.63, 3.8) is 0 Å². The first-order valence-corrected chi connectivity index (χ1v) is 10.5. The lowest BCUT2D eigenvalue weighted by atomic mass is 9.97. The molecular formula is C18H34O16. The Morgan fingerprint density at radius 1 is 0.794 bits per heavy atom. The van der Waals surface area contributed by atoms with Crippen molar-refractivity contribution in [3.8, 4) is 0 Å². The van der Waals surface area contributed by atoms with Crippen LogP contribution in [-0.4, -0.2) is 162 Å². The summed E-state index contributed by atoms with van der Waals surface area (Å²) in [5, 5.41) is 107. The molecule has 0 saturated carbocycles. The molecule has 0 radical (unpaired) electrons. The second-order valence-electron chi connectivity index (χ2n) is 8.06. The van der Waals surface area contributed by atoms with Crippen LogP contribution in [0.15, 0.2) is 0 Å². The van der Waals surface area contributed by atoms with Gasteiger partial charge in [-0.2, -0.15) is 0 Å². The topological polar surface area (TPSA) is 269 Å². The molecule has 0 amide bonds. The van der Waals surface area contributed by atoms with Gasteiger partial charge in [0, 0.05) is 0 Å². The van der Waals surface area contributed by atoms with Gasteiger partial charge >= 0.3 is 0 Å². The lowest BCUT2D eigenvalue weighted by molar-refractivity contribution is -0.360. The fourth-order valence-electron chi connectivity index (χ4n) is 3.42. The zero-order valence-electron chi connectivity index (χ0n) is 18.2. The molecule has 0 aromatic heterocycles. The monoisotopic (exact) mass is 506 g/mol. The standard InChI is InChI=1S/C18H34O16/c1-5(21)6(2-19)32-18(15(27)28)30-4-8-10(23)14(13(26)16(29)31-8)34-17-12(25)11(24)9(22)7(3-20)33-17/h5-29H,2-4H2,1H3. The van der Waals surface area contributed by atoms with Crippen LogP contribution in [0, 0.1) is 0 Å². The van der Waals surface area contributed by atoms with Gasteiger partial charge in [-0.3, -0.25) is 0 Å². The summed E-state index contributed by atoms with van der Waals surface area (Å²) < 4.78 is 25.8. The Bertz CT molecular complexity index is 592. The summed E-state index contributed by atoms with van der Waals surface area (Å²) in [5.74, 6) is 0. The Kier molecular flexibility index (Phi) is 11.4. The first kappa shape index (κ1) is 29.6. The molecule has 34 heavy (non-hydrogen) atoms. The van der Waals surface area contributed by atoms with Crippen molar-refractivity contribution in [2.24, 2.45) is 0 Å². The number of aliphatic hydroxyl groups excluding tert-OH is 10. The van der Waals surface area contributed by atoms with Crippen LogP contribution in [-0.2, 0) is 23.7 Å². The van der Waals surface area contributed by atoms with Crippen molar-refractivity contribution in [1.29, 1.82) is 0 Å². The van der Waals surface area contributed by atoms with E-state index in [9.17, 15) is 56.2 Å². The van der Waals surface area contributed by atoms with E-state index >= 15 is 0 Å². The zero-order valence-corrected chi connectivity index (χ0v) is 18.2. The van der Waals surface area contributed by atoms with Gasteiger partial charge < -0.3 is 79.9 Å². The van der Waals surface area contributed by atoms with E-state index in [1.54, 1.807) is 0 Å². The summed E-state index contributed by atoms with van der Waals surface area (Å²) in [4.78, 5) is 0. The lowest BCUT2D eigenvalue weighted by Crippen LogP contribution is -2.64. The molecule has 16 heteroatoms. The smallest absolute Gasteiger partial charge is 0.209 e. The molecular weight excluding hydrogens is 472 g/mol. The van der Waals surface area contributed by atoms with E-state index in [4.69, 9.17) is 23.7 Å². The number of ether oxygens (including phenoxy) is 5. The van der Waals surface area contributed by atoms with Crippen LogP contribution in [0.25, 0.3) is 0 Å². The van der Waals surface area contributed by atoms with Gasteiger partial charge in [-0.05, 0) is 6.92 Å². The molecule has 13 atom stereocenters. The van der Waals surface area contributed by atoms with E-state index in [1.165, 1.54) is 6.92 Å². The van der Waals surface area contributed by atoms with Crippen molar-refractivity contribution in [1.82, 2.24) is 0 Å². The van der Waals surface area contributed by atoms with Crippen LogP contribution in [0.3, 0.4) is 0 Å². The highest BCUT2D eigenvalue weighted by molar-refractivity contribution is 4.94. The van der Waals surface area contributed by atoms with Gasteiger partial charge in [-0.25, -0.2) is 0 Å². The van der Waals surface area contributed by atoms with Gasteiger partial charge in [0.1, 0.15) is 54.9 Å². The normalized spacial score (nSPS) is 41.9. The quantitative estimate of drug-likeness (QED) is 0.116. The van der Waals surface area contributed by atoms with Gasteiger partial charge in [0.15, 0.2) is 12.6 Å². The summed E-state index contributed by atoms with van der Waals surface area (Å²) in [6, 6.07) is 0. The van der Waals surface area contributed by atoms with Crippen molar-refractivity contribution >= 4 is 0 Å². The molecule has 2 fully saturated rings. The first-order chi connectivity index (χ1) is 15.9. The minimum absolute atomic E-state index is 0.681. The molecule has 2 heterocycles. The van der Waals surface area contributed by atoms with Crippen LogP contribution < -0.4 is 0 Å². The molecule has 13 unspecified atom stereocenters. The van der Waals surface area contributed by atoms with Gasteiger partial charge in [0.05, 0.1) is 25.9 Å². The Labute approximate surface area is 193 Å². The third-order valence-corrected chi connectivity index (χ3v) is 5.50. The second-order valence-corrected chi connectivity index (χ2v) is 8.06. The summed E-state index contributed by atoms with van der Waals surface area (Å²) in [7, 11) is 0. The third-order valence-electron chi connectivity index (χ3n) is 5.50. The Hall–Kier alpha value is -0.640. The van der Waals surface area contributed by atoms with Crippen LogP contribution in [0.4, 0.5) is 0 Å². The van der Waals surface area contributed by atoms with E-state index in [0.717, 1.165) is 0 Å². The predicted octanol–water partition coefficient (Wildman–Crippen LogP) is -6.98.